The van der Waals surface area contributed by atoms with E-state index in [9.17, 15) is 4.79 Å². The van der Waals surface area contributed by atoms with Crippen molar-refractivity contribution in [3.8, 4) is 0 Å². The van der Waals surface area contributed by atoms with Gasteiger partial charge in [-0.05, 0) is 49.9 Å². The topological polar surface area (TPSA) is 50.2 Å². The summed E-state index contributed by atoms with van der Waals surface area (Å²) in [7, 11) is 3.69. The Morgan fingerprint density at radius 3 is 2.62 bits per heavy atom. The van der Waals surface area contributed by atoms with Gasteiger partial charge in [0, 0.05) is 36.9 Å². The predicted molar refractivity (Wildman–Crippen MR) is 107 cm³/mol. The van der Waals surface area contributed by atoms with E-state index in [2.05, 4.69) is 10.4 Å². The summed E-state index contributed by atoms with van der Waals surface area (Å²) in [6, 6.07) is 7.50. The maximum atomic E-state index is 13.1. The van der Waals surface area contributed by atoms with Gasteiger partial charge in [-0.25, -0.2) is 0 Å². The molecule has 1 fully saturated rings. The summed E-state index contributed by atoms with van der Waals surface area (Å²) in [5, 5.41) is 8.08. The molecule has 0 spiro atoms. The number of benzene rings is 1. The number of aromatic nitrogens is 2. The number of halogens is 2. The van der Waals surface area contributed by atoms with Crippen molar-refractivity contribution in [3.63, 3.8) is 0 Å². The fourth-order valence-electron chi connectivity index (χ4n) is 3.02. The second-order valence-electron chi connectivity index (χ2n) is 6.77. The number of nitrogens with one attached hydrogen (secondary N) is 1. The number of hydrogen-bond donors (Lipinski definition) is 1. The Kier molecular flexibility index (Phi) is 7.50. The minimum atomic E-state index is -0.349. The van der Waals surface area contributed by atoms with Gasteiger partial charge in [0.1, 0.15) is 6.04 Å². The summed E-state index contributed by atoms with van der Waals surface area (Å²) in [6.07, 6.45) is 6.93. The van der Waals surface area contributed by atoms with Crippen molar-refractivity contribution in [1.29, 1.82) is 0 Å². The third-order valence-electron chi connectivity index (χ3n) is 4.66. The first-order valence-electron chi connectivity index (χ1n) is 8.76. The van der Waals surface area contributed by atoms with Gasteiger partial charge in [0.15, 0.2) is 0 Å². The largest absolute Gasteiger partial charge is 0.340 e. The van der Waals surface area contributed by atoms with E-state index in [0.717, 1.165) is 30.1 Å². The molecular formula is C19H26Cl2N4O. The number of hydrogen-bond acceptors (Lipinski definition) is 3. The van der Waals surface area contributed by atoms with Crippen LogP contribution in [0.4, 0.5) is 0 Å². The highest BCUT2D eigenvalue weighted by Gasteiger charge is 2.30. The molecule has 7 heteroatoms. The summed E-state index contributed by atoms with van der Waals surface area (Å²) >= 11 is 5.95. The Morgan fingerprint density at radius 2 is 2.08 bits per heavy atom. The number of likely N-dealkylation sites (N-methyl/N-ethyl adjacent to an activating group) is 1. The Bertz CT molecular complexity index is 713. The van der Waals surface area contributed by atoms with Gasteiger partial charge in [0.2, 0.25) is 5.91 Å². The molecule has 1 aromatic heterocycles. The van der Waals surface area contributed by atoms with Gasteiger partial charge in [0.25, 0.3) is 0 Å². The highest BCUT2D eigenvalue weighted by molar-refractivity contribution is 6.30. The average molecular weight is 397 g/mol. The molecule has 1 aromatic carbocycles. The maximum Gasteiger partial charge on any atom is 0.244 e. The van der Waals surface area contributed by atoms with E-state index in [0.29, 0.717) is 5.92 Å². The number of amides is 1. The molecule has 0 saturated heterocycles. The molecule has 142 valence electrons. The molecule has 1 amide bonds. The lowest BCUT2D eigenvalue weighted by atomic mass is 10.1. The summed E-state index contributed by atoms with van der Waals surface area (Å²) in [4.78, 5) is 15.1. The molecule has 1 N–H and O–H groups in total. The number of nitrogens with zero attached hydrogens (tertiary/aromatic N) is 3. The minimum absolute atomic E-state index is 0. The minimum Gasteiger partial charge on any atom is -0.340 e. The van der Waals surface area contributed by atoms with Crippen LogP contribution >= 0.6 is 24.0 Å². The van der Waals surface area contributed by atoms with Crippen molar-refractivity contribution in [1.82, 2.24) is 20.0 Å². The van der Waals surface area contributed by atoms with Gasteiger partial charge >= 0.3 is 0 Å². The van der Waals surface area contributed by atoms with Gasteiger partial charge in [-0.15, -0.1) is 12.4 Å². The van der Waals surface area contributed by atoms with Crippen molar-refractivity contribution in [3.05, 3.63) is 52.8 Å². The Labute approximate surface area is 166 Å². The molecule has 1 atom stereocenters. The van der Waals surface area contributed by atoms with Gasteiger partial charge in [-0.2, -0.15) is 5.10 Å². The zero-order valence-electron chi connectivity index (χ0n) is 15.2. The molecule has 1 aliphatic carbocycles. The number of aryl methyl sites for hydroxylation is 1. The van der Waals surface area contributed by atoms with Crippen LogP contribution in [0.15, 0.2) is 36.7 Å². The molecule has 0 radical (unpaired) electrons. The predicted octanol–water partition coefficient (Wildman–Crippen LogP) is 3.24. The molecule has 1 aliphatic rings. The normalized spacial score (nSPS) is 14.6. The van der Waals surface area contributed by atoms with E-state index >= 15 is 0 Å². The third-order valence-corrected chi connectivity index (χ3v) is 4.92. The summed E-state index contributed by atoms with van der Waals surface area (Å²) in [5.74, 6) is 0.775. The van der Waals surface area contributed by atoms with E-state index in [-0.39, 0.29) is 24.4 Å². The fraction of sp³-hybridized carbons (Fsp3) is 0.474. The maximum absolute atomic E-state index is 13.1. The summed E-state index contributed by atoms with van der Waals surface area (Å²) in [6.45, 7) is 1.56. The second kappa shape index (κ2) is 9.40. The van der Waals surface area contributed by atoms with Crippen molar-refractivity contribution in [2.45, 2.75) is 25.3 Å². The van der Waals surface area contributed by atoms with E-state index in [1.54, 1.807) is 10.9 Å². The first-order chi connectivity index (χ1) is 12.1. The van der Waals surface area contributed by atoms with E-state index < -0.39 is 0 Å². The van der Waals surface area contributed by atoms with Crippen LogP contribution in [-0.4, -0.2) is 40.7 Å². The van der Waals surface area contributed by atoms with Crippen LogP contribution in [0.5, 0.6) is 0 Å². The van der Waals surface area contributed by atoms with E-state index in [1.807, 2.05) is 49.5 Å². The standard InChI is InChI=1S/C19H25ClN4O.ClH/c1-21-18(16-11-22-23(2)13-16)19(25)24(12-15-3-4-15)10-9-14-5-7-17(20)8-6-14;/h5-8,11,13,15,18,21H,3-4,9-10,12H2,1-2H3;1H. The zero-order chi connectivity index (χ0) is 17.8. The van der Waals surface area contributed by atoms with Gasteiger partial charge < -0.3 is 10.2 Å². The van der Waals surface area contributed by atoms with Crippen LogP contribution in [0.3, 0.4) is 0 Å². The van der Waals surface area contributed by atoms with Crippen LogP contribution in [0.25, 0.3) is 0 Å². The number of carbonyl (C=O) groups excluding carboxylic acids is 1. The lowest BCUT2D eigenvalue weighted by molar-refractivity contribution is -0.133. The monoisotopic (exact) mass is 396 g/mol. The van der Waals surface area contributed by atoms with Gasteiger partial charge in [0.05, 0.1) is 6.20 Å². The van der Waals surface area contributed by atoms with Crippen molar-refractivity contribution in [2.24, 2.45) is 13.0 Å². The molecule has 1 unspecified atom stereocenters. The summed E-state index contributed by atoms with van der Waals surface area (Å²) in [5.41, 5.74) is 2.10. The molecular weight excluding hydrogens is 371 g/mol. The molecule has 1 heterocycles. The molecule has 1 saturated carbocycles. The molecule has 2 aromatic rings. The SMILES string of the molecule is CNC(C(=O)N(CCc1ccc(Cl)cc1)CC1CC1)c1cnn(C)c1.Cl. The van der Waals surface area contributed by atoms with Crippen molar-refractivity contribution in [2.75, 3.05) is 20.1 Å². The lowest BCUT2D eigenvalue weighted by Crippen LogP contribution is -2.42. The van der Waals surface area contributed by atoms with Crippen LogP contribution < -0.4 is 5.32 Å². The van der Waals surface area contributed by atoms with Crippen LogP contribution in [0.2, 0.25) is 5.02 Å². The van der Waals surface area contributed by atoms with Crippen molar-refractivity contribution >= 4 is 29.9 Å². The lowest BCUT2D eigenvalue weighted by Gasteiger charge is -2.27. The van der Waals surface area contributed by atoms with Gasteiger partial charge in [-0.1, -0.05) is 23.7 Å². The molecule has 26 heavy (non-hydrogen) atoms. The number of carbonyl (C=O) groups is 1. The van der Waals surface area contributed by atoms with Crippen LogP contribution in [-0.2, 0) is 18.3 Å². The quantitative estimate of drug-likeness (QED) is 0.744. The highest BCUT2D eigenvalue weighted by atomic mass is 35.5. The highest BCUT2D eigenvalue weighted by Crippen LogP contribution is 2.30. The first kappa shape index (κ1) is 20.7. The van der Waals surface area contributed by atoms with E-state index in [4.69, 9.17) is 11.6 Å². The first-order valence-corrected chi connectivity index (χ1v) is 9.13. The number of rotatable bonds is 8. The fourth-order valence-corrected chi connectivity index (χ4v) is 3.15. The second-order valence-corrected chi connectivity index (χ2v) is 7.21. The molecule has 0 aliphatic heterocycles. The molecule has 0 bridgehead atoms. The van der Waals surface area contributed by atoms with Gasteiger partial charge in [-0.3, -0.25) is 9.48 Å². The average Bonchev–Trinajstić information content (AvgIpc) is 3.33. The third kappa shape index (κ3) is 5.47. The Balaban J connectivity index is 0.00000243. The summed E-state index contributed by atoms with van der Waals surface area (Å²) < 4.78 is 1.73. The Hall–Kier alpha value is -1.56. The van der Waals surface area contributed by atoms with Crippen molar-refractivity contribution < 1.29 is 4.79 Å². The molecule has 5 nitrogen and oxygen atoms in total. The van der Waals surface area contributed by atoms with Crippen LogP contribution in [0.1, 0.15) is 30.0 Å². The molecule has 3 rings (SSSR count). The van der Waals surface area contributed by atoms with Crippen LogP contribution in [0, 0.1) is 5.92 Å². The smallest absolute Gasteiger partial charge is 0.244 e. The Morgan fingerprint density at radius 1 is 1.38 bits per heavy atom. The van der Waals surface area contributed by atoms with E-state index in [1.165, 1.54) is 18.4 Å². The zero-order valence-corrected chi connectivity index (χ0v) is 16.8.